The van der Waals surface area contributed by atoms with Crippen molar-refractivity contribution in [3.8, 4) is 0 Å². The third-order valence-corrected chi connectivity index (χ3v) is 2.13. The first-order valence-corrected chi connectivity index (χ1v) is 3.43. The van der Waals surface area contributed by atoms with Crippen LogP contribution in [0.25, 0.3) is 0 Å². The molecule has 0 atom stereocenters. The third-order valence-electron chi connectivity index (χ3n) is 0.660. The van der Waals surface area contributed by atoms with Gasteiger partial charge >= 0.3 is 0 Å². The maximum absolute atomic E-state index is 5.61. The lowest BCUT2D eigenvalue weighted by molar-refractivity contribution is 1.27. The van der Waals surface area contributed by atoms with Crippen molar-refractivity contribution < 1.29 is 0 Å². The first-order valence-electron chi connectivity index (χ1n) is 1.98. The maximum atomic E-state index is 5.61. The fourth-order valence-corrected chi connectivity index (χ4v) is 0.732. The van der Waals surface area contributed by atoms with E-state index in [1.165, 1.54) is 0 Å². The van der Waals surface area contributed by atoms with E-state index in [-0.39, 0.29) is 0 Å². The van der Waals surface area contributed by atoms with Crippen molar-refractivity contribution in [3.63, 3.8) is 0 Å². The van der Waals surface area contributed by atoms with E-state index in [0.29, 0.717) is 5.02 Å². The van der Waals surface area contributed by atoms with Crippen LogP contribution in [0.15, 0.2) is 12.3 Å². The fourth-order valence-electron chi connectivity index (χ4n) is 0.326. The summed E-state index contributed by atoms with van der Waals surface area (Å²) >= 11 is 7.67. The van der Waals surface area contributed by atoms with E-state index in [2.05, 4.69) is 33.6 Å². The van der Waals surface area contributed by atoms with Gasteiger partial charge in [0.1, 0.15) is 3.70 Å². The highest BCUT2D eigenvalue weighted by molar-refractivity contribution is 14.1. The van der Waals surface area contributed by atoms with E-state index < -0.39 is 0 Å². The smallest absolute Gasteiger partial charge is 0.119 e. The Bertz CT molecular complexity index is 169. The molecule has 0 bridgehead atoms. The molecule has 1 radical (unpaired) electrons. The van der Waals surface area contributed by atoms with Gasteiger partial charge in [0, 0.05) is 12.3 Å². The van der Waals surface area contributed by atoms with Gasteiger partial charge in [-0.2, -0.15) is 0 Å². The van der Waals surface area contributed by atoms with Crippen LogP contribution in [0.5, 0.6) is 0 Å². The van der Waals surface area contributed by atoms with Gasteiger partial charge in [0.15, 0.2) is 0 Å². The minimum atomic E-state index is 0.660. The molecule has 1 aromatic heterocycles. The molecule has 0 aliphatic rings. The molecule has 0 amide bonds. The minimum Gasteiger partial charge on any atom is -0.248 e. The monoisotopic (exact) mass is 238 g/mol. The van der Waals surface area contributed by atoms with Gasteiger partial charge in [0.25, 0.3) is 0 Å². The molecule has 0 unspecified atom stereocenters. The molecule has 8 heavy (non-hydrogen) atoms. The van der Waals surface area contributed by atoms with Crippen LogP contribution in [0.2, 0.25) is 5.02 Å². The Morgan fingerprint density at radius 2 is 2.50 bits per heavy atom. The largest absolute Gasteiger partial charge is 0.248 e. The first kappa shape index (κ1) is 6.29. The van der Waals surface area contributed by atoms with Crippen molar-refractivity contribution in [1.29, 1.82) is 0 Å². The second-order valence-corrected chi connectivity index (χ2v) is 2.64. The molecule has 1 aromatic rings. The van der Waals surface area contributed by atoms with Crippen molar-refractivity contribution in [2.75, 3.05) is 0 Å². The van der Waals surface area contributed by atoms with Crippen LogP contribution >= 0.6 is 34.2 Å². The van der Waals surface area contributed by atoms with Crippen molar-refractivity contribution in [1.82, 2.24) is 4.98 Å². The average Bonchev–Trinajstić information content (AvgIpc) is 1.77. The summed E-state index contributed by atoms with van der Waals surface area (Å²) in [5.41, 5.74) is 0. The number of hydrogen-bond acceptors (Lipinski definition) is 1. The first-order chi connectivity index (χ1) is 3.80. The van der Waals surface area contributed by atoms with Crippen LogP contribution in [0.4, 0.5) is 0 Å². The molecule has 0 fully saturated rings. The van der Waals surface area contributed by atoms with Gasteiger partial charge in [-0.3, -0.25) is 0 Å². The van der Waals surface area contributed by atoms with Crippen LogP contribution in [0.3, 0.4) is 0 Å². The SMILES string of the molecule is Clc1c[c]cnc1I. The molecule has 1 nitrogen and oxygen atoms in total. The molecule has 1 heterocycles. The third kappa shape index (κ3) is 1.32. The number of pyridine rings is 1. The summed E-state index contributed by atoms with van der Waals surface area (Å²) in [4.78, 5) is 3.88. The highest BCUT2D eigenvalue weighted by Crippen LogP contribution is 2.12. The van der Waals surface area contributed by atoms with Crippen molar-refractivity contribution in [2.24, 2.45) is 0 Å². The summed E-state index contributed by atoms with van der Waals surface area (Å²) in [6, 6.07) is 4.44. The van der Waals surface area contributed by atoms with Gasteiger partial charge < -0.3 is 0 Å². The Kier molecular flexibility index (Phi) is 2.08. The number of halogens is 2. The molecular formula is C5H2ClIN. The van der Waals surface area contributed by atoms with Gasteiger partial charge in [0.05, 0.1) is 5.02 Å². The molecule has 0 spiro atoms. The highest BCUT2D eigenvalue weighted by atomic mass is 127. The van der Waals surface area contributed by atoms with Gasteiger partial charge in [-0.15, -0.1) is 0 Å². The number of rotatable bonds is 0. The molecule has 0 aliphatic carbocycles. The number of hydrogen-bond donors (Lipinski definition) is 0. The highest BCUT2D eigenvalue weighted by Gasteiger charge is 1.90. The molecule has 0 aromatic carbocycles. The molecule has 0 aliphatic heterocycles. The van der Waals surface area contributed by atoms with Gasteiger partial charge in [0.2, 0.25) is 0 Å². The van der Waals surface area contributed by atoms with Crippen LogP contribution < -0.4 is 0 Å². The van der Waals surface area contributed by atoms with E-state index in [9.17, 15) is 0 Å². The average molecular weight is 238 g/mol. The predicted octanol–water partition coefficient (Wildman–Crippen LogP) is 2.14. The zero-order valence-electron chi connectivity index (χ0n) is 3.86. The van der Waals surface area contributed by atoms with Crippen molar-refractivity contribution >= 4 is 34.2 Å². The number of nitrogens with zero attached hydrogens (tertiary/aromatic N) is 1. The molecular weight excluding hydrogens is 236 g/mol. The van der Waals surface area contributed by atoms with E-state index >= 15 is 0 Å². The Hall–Kier alpha value is 0.170. The molecule has 3 heteroatoms. The van der Waals surface area contributed by atoms with E-state index in [4.69, 9.17) is 11.6 Å². The molecule has 0 saturated heterocycles. The zero-order chi connectivity index (χ0) is 5.98. The summed E-state index contributed by atoms with van der Waals surface area (Å²) in [7, 11) is 0. The summed E-state index contributed by atoms with van der Waals surface area (Å²) in [5, 5.41) is 0.660. The summed E-state index contributed by atoms with van der Waals surface area (Å²) in [5.74, 6) is 0. The normalized spacial score (nSPS) is 9.25. The minimum absolute atomic E-state index is 0.660. The predicted molar refractivity (Wildman–Crippen MR) is 40.8 cm³/mol. The Labute approximate surface area is 66.2 Å². The maximum Gasteiger partial charge on any atom is 0.119 e. The quantitative estimate of drug-likeness (QED) is 0.498. The van der Waals surface area contributed by atoms with E-state index in [1.54, 1.807) is 12.3 Å². The molecule has 41 valence electrons. The fraction of sp³-hybridized carbons (Fsp3) is 0. The Morgan fingerprint density at radius 1 is 1.75 bits per heavy atom. The van der Waals surface area contributed by atoms with Gasteiger partial charge in [-0.1, -0.05) is 11.6 Å². The molecule has 0 N–H and O–H groups in total. The standard InChI is InChI=1S/C5H2ClIN/c6-4-2-1-3-8-5(4)7/h2-3H. The number of aromatic nitrogens is 1. The van der Waals surface area contributed by atoms with Gasteiger partial charge in [-0.05, 0) is 28.7 Å². The van der Waals surface area contributed by atoms with Crippen LogP contribution in [0.1, 0.15) is 0 Å². The summed E-state index contributed by atoms with van der Waals surface area (Å²) < 4.78 is 0.822. The summed E-state index contributed by atoms with van der Waals surface area (Å²) in [6.45, 7) is 0. The lowest BCUT2D eigenvalue weighted by Crippen LogP contribution is -1.76. The lowest BCUT2D eigenvalue weighted by atomic mass is 10.5. The topological polar surface area (TPSA) is 12.9 Å². The van der Waals surface area contributed by atoms with Crippen LogP contribution in [-0.4, -0.2) is 4.98 Å². The Balaban J connectivity index is 3.13. The van der Waals surface area contributed by atoms with Crippen molar-refractivity contribution in [3.05, 3.63) is 27.1 Å². The lowest BCUT2D eigenvalue weighted by Gasteiger charge is -1.87. The van der Waals surface area contributed by atoms with Gasteiger partial charge in [-0.25, -0.2) is 4.98 Å². The Morgan fingerprint density at radius 3 is 2.88 bits per heavy atom. The zero-order valence-corrected chi connectivity index (χ0v) is 6.77. The van der Waals surface area contributed by atoms with E-state index in [0.717, 1.165) is 3.70 Å². The molecule has 0 saturated carbocycles. The van der Waals surface area contributed by atoms with Crippen LogP contribution in [-0.2, 0) is 0 Å². The van der Waals surface area contributed by atoms with Crippen LogP contribution in [0, 0.1) is 9.77 Å². The summed E-state index contributed by atoms with van der Waals surface area (Å²) in [6.07, 6.45) is 1.59. The molecule has 1 rings (SSSR count). The van der Waals surface area contributed by atoms with Crippen molar-refractivity contribution in [2.45, 2.75) is 0 Å². The van der Waals surface area contributed by atoms with E-state index in [1.807, 2.05) is 0 Å². The second kappa shape index (κ2) is 2.64. The second-order valence-electron chi connectivity index (χ2n) is 1.21.